The average molecular weight is 179 g/mol. The summed E-state index contributed by atoms with van der Waals surface area (Å²) in [7, 11) is 1.35. The highest BCUT2D eigenvalue weighted by Crippen LogP contribution is 2.24. The fourth-order valence-corrected chi connectivity index (χ4v) is 1.45. The van der Waals surface area contributed by atoms with Gasteiger partial charge in [0.1, 0.15) is 4.87 Å². The van der Waals surface area contributed by atoms with Gasteiger partial charge in [0, 0.05) is 0 Å². The van der Waals surface area contributed by atoms with E-state index in [0.29, 0.717) is 12.3 Å². The number of hydrogen-bond donors (Lipinski definition) is 0. The van der Waals surface area contributed by atoms with Gasteiger partial charge in [-0.25, -0.2) is 0 Å². The number of alkyl halides is 1. The van der Waals surface area contributed by atoms with E-state index in [1.807, 2.05) is 13.8 Å². The lowest BCUT2D eigenvalue weighted by atomic mass is 9.98. The van der Waals surface area contributed by atoms with E-state index in [0.717, 1.165) is 0 Å². The van der Waals surface area contributed by atoms with Crippen molar-refractivity contribution in [1.82, 2.24) is 0 Å². The van der Waals surface area contributed by atoms with Gasteiger partial charge in [-0.15, -0.1) is 11.6 Å². The minimum atomic E-state index is -0.858. The van der Waals surface area contributed by atoms with Crippen LogP contribution in [0.5, 0.6) is 0 Å². The zero-order chi connectivity index (χ0) is 9.07. The maximum Gasteiger partial charge on any atom is 0.326 e. The van der Waals surface area contributed by atoms with Crippen LogP contribution in [0.3, 0.4) is 0 Å². The maximum atomic E-state index is 11.0. The van der Waals surface area contributed by atoms with Gasteiger partial charge in [-0.1, -0.05) is 13.8 Å². The summed E-state index contributed by atoms with van der Waals surface area (Å²) in [4.78, 5) is 10.2. The van der Waals surface area contributed by atoms with Crippen molar-refractivity contribution < 1.29 is 9.53 Å². The molecule has 2 nitrogen and oxygen atoms in total. The van der Waals surface area contributed by atoms with Crippen LogP contribution in [-0.4, -0.2) is 18.0 Å². The van der Waals surface area contributed by atoms with Crippen LogP contribution in [0, 0.1) is 5.92 Å². The van der Waals surface area contributed by atoms with Crippen LogP contribution in [0.25, 0.3) is 0 Å². The van der Waals surface area contributed by atoms with Crippen LogP contribution < -0.4 is 0 Å². The maximum absolute atomic E-state index is 11.0. The van der Waals surface area contributed by atoms with Crippen LogP contribution in [0.1, 0.15) is 27.2 Å². The van der Waals surface area contributed by atoms with Crippen LogP contribution in [0.15, 0.2) is 0 Å². The fraction of sp³-hybridized carbons (Fsp3) is 0.875. The SMILES string of the molecule is COC(=O)C(C)(Cl)CC(C)C. The fourth-order valence-electron chi connectivity index (χ4n) is 1.06. The molecule has 0 heterocycles. The first-order valence-electron chi connectivity index (χ1n) is 3.67. The number of halogens is 1. The molecule has 0 amide bonds. The van der Waals surface area contributed by atoms with Gasteiger partial charge < -0.3 is 4.74 Å². The summed E-state index contributed by atoms with van der Waals surface area (Å²) in [6, 6.07) is 0. The molecule has 0 saturated heterocycles. The van der Waals surface area contributed by atoms with Crippen molar-refractivity contribution >= 4 is 17.6 Å². The molecule has 0 aliphatic heterocycles. The second-order valence-electron chi connectivity index (χ2n) is 3.29. The molecule has 0 spiro atoms. The smallest absolute Gasteiger partial charge is 0.326 e. The number of ether oxygens (including phenoxy) is 1. The van der Waals surface area contributed by atoms with Gasteiger partial charge in [-0.05, 0) is 19.3 Å². The van der Waals surface area contributed by atoms with Crippen molar-refractivity contribution in [1.29, 1.82) is 0 Å². The van der Waals surface area contributed by atoms with E-state index < -0.39 is 4.87 Å². The lowest BCUT2D eigenvalue weighted by Gasteiger charge is -2.20. The third-order valence-electron chi connectivity index (χ3n) is 1.40. The standard InChI is InChI=1S/C8H15ClO2/c1-6(2)5-8(3,9)7(10)11-4/h6H,5H2,1-4H3. The Labute approximate surface area is 72.9 Å². The Morgan fingerprint density at radius 1 is 1.64 bits per heavy atom. The normalized spacial score (nSPS) is 16.2. The Kier molecular flexibility index (Phi) is 3.87. The minimum Gasteiger partial charge on any atom is -0.468 e. The van der Waals surface area contributed by atoms with Gasteiger partial charge in [0.15, 0.2) is 0 Å². The molecule has 0 aromatic heterocycles. The van der Waals surface area contributed by atoms with Crippen LogP contribution >= 0.6 is 11.6 Å². The van der Waals surface area contributed by atoms with Crippen molar-refractivity contribution in [2.45, 2.75) is 32.1 Å². The number of hydrogen-bond acceptors (Lipinski definition) is 2. The summed E-state index contributed by atoms with van der Waals surface area (Å²) >= 11 is 5.91. The molecule has 0 fully saturated rings. The molecule has 66 valence electrons. The molecule has 11 heavy (non-hydrogen) atoms. The molecule has 0 saturated carbocycles. The van der Waals surface area contributed by atoms with E-state index in [4.69, 9.17) is 11.6 Å². The van der Waals surface area contributed by atoms with E-state index in [9.17, 15) is 4.79 Å². The third-order valence-corrected chi connectivity index (χ3v) is 1.71. The molecule has 0 bridgehead atoms. The zero-order valence-electron chi connectivity index (χ0n) is 7.48. The molecule has 1 atom stereocenters. The number of carbonyl (C=O) groups is 1. The molecule has 0 N–H and O–H groups in total. The van der Waals surface area contributed by atoms with Crippen molar-refractivity contribution in [3.05, 3.63) is 0 Å². The monoisotopic (exact) mass is 178 g/mol. The Morgan fingerprint density at radius 2 is 2.09 bits per heavy atom. The van der Waals surface area contributed by atoms with Crippen molar-refractivity contribution in [2.24, 2.45) is 5.92 Å². The molecule has 0 aromatic carbocycles. The third kappa shape index (κ3) is 3.61. The van der Waals surface area contributed by atoms with Crippen LogP contribution in [-0.2, 0) is 9.53 Å². The van der Waals surface area contributed by atoms with E-state index in [1.54, 1.807) is 6.92 Å². The molecule has 3 heteroatoms. The van der Waals surface area contributed by atoms with Gasteiger partial charge in [0.2, 0.25) is 0 Å². The summed E-state index contributed by atoms with van der Waals surface area (Å²) in [6.07, 6.45) is 0.640. The van der Waals surface area contributed by atoms with Gasteiger partial charge in [-0.3, -0.25) is 4.79 Å². The molecule has 0 radical (unpaired) electrons. The second kappa shape index (κ2) is 3.96. The van der Waals surface area contributed by atoms with E-state index >= 15 is 0 Å². The zero-order valence-corrected chi connectivity index (χ0v) is 8.23. The predicted octanol–water partition coefficient (Wildman–Crippen LogP) is 2.20. The first-order valence-corrected chi connectivity index (χ1v) is 4.05. The van der Waals surface area contributed by atoms with Gasteiger partial charge >= 0.3 is 5.97 Å². The van der Waals surface area contributed by atoms with Gasteiger partial charge in [0.25, 0.3) is 0 Å². The predicted molar refractivity (Wildman–Crippen MR) is 45.7 cm³/mol. The van der Waals surface area contributed by atoms with Gasteiger partial charge in [-0.2, -0.15) is 0 Å². The number of carbonyl (C=O) groups excluding carboxylic acids is 1. The first-order chi connectivity index (χ1) is 4.90. The Hall–Kier alpha value is -0.240. The number of rotatable bonds is 3. The minimum absolute atomic E-state index is 0.354. The van der Waals surface area contributed by atoms with Crippen LogP contribution in [0.2, 0.25) is 0 Å². The Balaban J connectivity index is 4.09. The summed E-state index contributed by atoms with van der Waals surface area (Å²) in [5, 5.41) is 0. The highest BCUT2D eigenvalue weighted by Gasteiger charge is 2.32. The molecule has 0 aliphatic carbocycles. The summed E-state index contributed by atoms with van der Waals surface area (Å²) in [6.45, 7) is 5.72. The first kappa shape index (κ1) is 10.8. The van der Waals surface area contributed by atoms with E-state index in [2.05, 4.69) is 4.74 Å². The van der Waals surface area contributed by atoms with Gasteiger partial charge in [0.05, 0.1) is 7.11 Å². The molecular weight excluding hydrogens is 164 g/mol. The van der Waals surface area contributed by atoms with Crippen molar-refractivity contribution in [2.75, 3.05) is 7.11 Å². The topological polar surface area (TPSA) is 26.3 Å². The lowest BCUT2D eigenvalue weighted by molar-refractivity contribution is -0.143. The number of esters is 1. The quantitative estimate of drug-likeness (QED) is 0.489. The lowest BCUT2D eigenvalue weighted by Crippen LogP contribution is -2.31. The largest absolute Gasteiger partial charge is 0.468 e. The van der Waals surface area contributed by atoms with E-state index in [-0.39, 0.29) is 5.97 Å². The summed E-state index contributed by atoms with van der Waals surface area (Å²) in [5.41, 5.74) is 0. The number of methoxy groups -OCH3 is 1. The molecule has 1 unspecified atom stereocenters. The van der Waals surface area contributed by atoms with E-state index in [1.165, 1.54) is 7.11 Å². The highest BCUT2D eigenvalue weighted by atomic mass is 35.5. The molecule has 0 rings (SSSR count). The average Bonchev–Trinajstić information content (AvgIpc) is 1.83. The highest BCUT2D eigenvalue weighted by molar-refractivity contribution is 6.33. The summed E-state index contributed by atoms with van der Waals surface area (Å²) in [5.74, 6) is 0.0458. The summed E-state index contributed by atoms with van der Waals surface area (Å²) < 4.78 is 4.54. The molecule has 0 aliphatic rings. The van der Waals surface area contributed by atoms with Crippen molar-refractivity contribution in [3.8, 4) is 0 Å². The van der Waals surface area contributed by atoms with Crippen LogP contribution in [0.4, 0.5) is 0 Å². The Bertz CT molecular complexity index is 141. The Morgan fingerprint density at radius 3 is 2.36 bits per heavy atom. The molecular formula is C8H15ClO2. The molecule has 0 aromatic rings. The van der Waals surface area contributed by atoms with Crippen molar-refractivity contribution in [3.63, 3.8) is 0 Å². The second-order valence-corrected chi connectivity index (χ2v) is 4.12.